The second kappa shape index (κ2) is 6.86. The molecule has 0 atom stereocenters. The number of carbonyl (C=O) groups is 3. The Hall–Kier alpha value is -3.90. The number of imide groups is 1. The lowest BCUT2D eigenvalue weighted by atomic mass is 10.1. The van der Waals surface area contributed by atoms with E-state index in [1.54, 1.807) is 48.5 Å². The van der Waals surface area contributed by atoms with Crippen LogP contribution < -0.4 is 10.2 Å². The third kappa shape index (κ3) is 2.77. The summed E-state index contributed by atoms with van der Waals surface area (Å²) in [5.41, 5.74) is 2.53. The van der Waals surface area contributed by atoms with Crippen molar-refractivity contribution in [2.24, 2.45) is 0 Å². The molecule has 0 saturated heterocycles. The van der Waals surface area contributed by atoms with Crippen LogP contribution in [0.2, 0.25) is 5.02 Å². The molecule has 2 heterocycles. The third-order valence-electron chi connectivity index (χ3n) is 5.03. The second-order valence-electron chi connectivity index (χ2n) is 6.86. The largest absolute Gasteiger partial charge is 0.349 e. The molecule has 0 radical (unpaired) electrons. The van der Waals surface area contributed by atoms with Crippen LogP contribution in [0.15, 0.2) is 72.8 Å². The highest BCUT2D eigenvalue weighted by atomic mass is 35.5. The molecule has 1 aromatic heterocycles. The number of carbonyl (C=O) groups excluding carboxylic acids is 3. The van der Waals surface area contributed by atoms with Crippen molar-refractivity contribution in [3.8, 4) is 0 Å². The van der Waals surface area contributed by atoms with Gasteiger partial charge in [0.15, 0.2) is 0 Å². The van der Waals surface area contributed by atoms with Crippen LogP contribution in [0.3, 0.4) is 0 Å². The van der Waals surface area contributed by atoms with E-state index in [4.69, 9.17) is 11.6 Å². The lowest BCUT2D eigenvalue weighted by Gasteiger charge is -2.15. The fourth-order valence-electron chi connectivity index (χ4n) is 3.60. The minimum absolute atomic E-state index is 0.240. The maximum Gasteiger partial charge on any atom is 0.273 e. The van der Waals surface area contributed by atoms with Crippen LogP contribution >= 0.6 is 11.6 Å². The maximum atomic E-state index is 12.8. The summed E-state index contributed by atoms with van der Waals surface area (Å²) in [6.07, 6.45) is 0. The monoisotopic (exact) mass is 415 g/mol. The van der Waals surface area contributed by atoms with Crippen molar-refractivity contribution in [2.45, 2.75) is 0 Å². The average molecular weight is 416 g/mol. The Morgan fingerprint density at radius 1 is 0.867 bits per heavy atom. The van der Waals surface area contributed by atoms with Gasteiger partial charge in [0.05, 0.1) is 21.8 Å². The van der Waals surface area contributed by atoms with E-state index in [9.17, 15) is 14.4 Å². The van der Waals surface area contributed by atoms with E-state index in [-0.39, 0.29) is 5.69 Å². The summed E-state index contributed by atoms with van der Waals surface area (Å²) >= 11 is 6.35. The van der Waals surface area contributed by atoms with Crippen molar-refractivity contribution in [2.75, 3.05) is 10.2 Å². The number of aromatic nitrogens is 1. The molecule has 1 aliphatic rings. The first-order valence-electron chi connectivity index (χ1n) is 9.20. The van der Waals surface area contributed by atoms with Gasteiger partial charge in [0, 0.05) is 16.6 Å². The quantitative estimate of drug-likeness (QED) is 0.468. The van der Waals surface area contributed by atoms with Gasteiger partial charge in [-0.25, -0.2) is 4.90 Å². The topological polar surface area (TPSA) is 82.3 Å². The first-order valence-corrected chi connectivity index (χ1v) is 9.58. The van der Waals surface area contributed by atoms with Gasteiger partial charge in [-0.2, -0.15) is 0 Å². The SMILES string of the molecule is O=C(Nc1cccc(N2C(=O)c3ccccc3C2=O)c1)c1[nH]c2ccccc2c1Cl. The predicted molar refractivity (Wildman–Crippen MR) is 115 cm³/mol. The number of hydrogen-bond donors (Lipinski definition) is 2. The fourth-order valence-corrected chi connectivity index (χ4v) is 3.90. The lowest BCUT2D eigenvalue weighted by Crippen LogP contribution is -2.29. The molecule has 7 heteroatoms. The highest BCUT2D eigenvalue weighted by molar-refractivity contribution is 6.39. The number of hydrogen-bond acceptors (Lipinski definition) is 3. The van der Waals surface area contributed by atoms with E-state index >= 15 is 0 Å². The van der Waals surface area contributed by atoms with Crippen molar-refractivity contribution in [3.63, 3.8) is 0 Å². The van der Waals surface area contributed by atoms with E-state index in [0.29, 0.717) is 27.5 Å². The Kier molecular flexibility index (Phi) is 4.15. The minimum Gasteiger partial charge on any atom is -0.349 e. The van der Waals surface area contributed by atoms with Crippen molar-refractivity contribution in [1.29, 1.82) is 0 Å². The maximum absolute atomic E-state index is 12.8. The normalized spacial score (nSPS) is 13.0. The Balaban J connectivity index is 1.44. The van der Waals surface area contributed by atoms with Crippen LogP contribution in [-0.2, 0) is 0 Å². The highest BCUT2D eigenvalue weighted by Gasteiger charge is 2.36. The van der Waals surface area contributed by atoms with E-state index in [2.05, 4.69) is 10.3 Å². The number of H-pyrrole nitrogens is 1. The number of benzene rings is 3. The summed E-state index contributed by atoms with van der Waals surface area (Å²) in [6.45, 7) is 0. The zero-order chi connectivity index (χ0) is 20.8. The molecular weight excluding hydrogens is 402 g/mol. The number of aromatic amines is 1. The standard InChI is InChI=1S/C23H14ClN3O3/c24-19-17-10-3-4-11-18(17)26-20(19)21(28)25-13-6-5-7-14(12-13)27-22(29)15-8-1-2-9-16(15)23(27)30/h1-12,26H,(H,25,28). The summed E-state index contributed by atoms with van der Waals surface area (Å²) in [6, 6.07) is 20.6. The van der Waals surface area contributed by atoms with Crippen molar-refractivity contribution >= 4 is 51.6 Å². The minimum atomic E-state index is -0.421. The number of fused-ring (bicyclic) bond motifs is 2. The van der Waals surface area contributed by atoms with E-state index in [1.165, 1.54) is 0 Å². The molecule has 5 rings (SSSR count). The predicted octanol–water partition coefficient (Wildman–Crippen LogP) is 4.87. The van der Waals surface area contributed by atoms with E-state index in [1.807, 2.05) is 24.3 Å². The molecule has 0 bridgehead atoms. The molecule has 0 aliphatic carbocycles. The van der Waals surface area contributed by atoms with Crippen LogP contribution in [0.4, 0.5) is 11.4 Å². The Bertz CT molecular complexity index is 1320. The van der Waals surface area contributed by atoms with Gasteiger partial charge >= 0.3 is 0 Å². The Morgan fingerprint density at radius 2 is 1.53 bits per heavy atom. The molecule has 0 saturated carbocycles. The number of halogens is 1. The van der Waals surface area contributed by atoms with Gasteiger partial charge in [0.1, 0.15) is 5.69 Å². The van der Waals surface area contributed by atoms with Crippen LogP contribution in [-0.4, -0.2) is 22.7 Å². The summed E-state index contributed by atoms with van der Waals surface area (Å²) < 4.78 is 0. The number of para-hydroxylation sites is 1. The van der Waals surface area contributed by atoms with E-state index in [0.717, 1.165) is 15.8 Å². The molecule has 1 aliphatic heterocycles. The van der Waals surface area contributed by atoms with Gasteiger partial charge in [-0.05, 0) is 36.4 Å². The molecule has 4 aromatic rings. The van der Waals surface area contributed by atoms with Gasteiger partial charge in [-0.15, -0.1) is 0 Å². The van der Waals surface area contributed by atoms with Crippen LogP contribution in [0.1, 0.15) is 31.2 Å². The second-order valence-corrected chi connectivity index (χ2v) is 7.23. The number of rotatable bonds is 3. The third-order valence-corrected chi connectivity index (χ3v) is 5.42. The number of anilines is 2. The molecule has 0 spiro atoms. The molecule has 2 N–H and O–H groups in total. The average Bonchev–Trinajstić information content (AvgIpc) is 3.23. The van der Waals surface area contributed by atoms with Crippen molar-refractivity contribution < 1.29 is 14.4 Å². The summed E-state index contributed by atoms with van der Waals surface area (Å²) in [4.78, 5) is 42.3. The highest BCUT2D eigenvalue weighted by Crippen LogP contribution is 2.31. The fraction of sp³-hybridized carbons (Fsp3) is 0. The molecule has 3 aromatic carbocycles. The number of nitrogens with one attached hydrogen (secondary N) is 2. The van der Waals surface area contributed by atoms with Crippen LogP contribution in [0.25, 0.3) is 10.9 Å². The smallest absolute Gasteiger partial charge is 0.273 e. The van der Waals surface area contributed by atoms with Crippen molar-refractivity contribution in [3.05, 3.63) is 94.6 Å². The Labute approximate surface area is 176 Å². The summed E-state index contributed by atoms with van der Waals surface area (Å²) in [5.74, 6) is -1.20. The zero-order valence-corrected chi connectivity index (χ0v) is 16.2. The van der Waals surface area contributed by atoms with Gasteiger partial charge in [-0.1, -0.05) is 48.0 Å². The number of nitrogens with zero attached hydrogens (tertiary/aromatic N) is 1. The van der Waals surface area contributed by atoms with E-state index < -0.39 is 17.7 Å². The lowest BCUT2D eigenvalue weighted by molar-refractivity contribution is 0.0925. The van der Waals surface area contributed by atoms with Crippen LogP contribution in [0, 0.1) is 0 Å². The van der Waals surface area contributed by atoms with Crippen LogP contribution in [0.5, 0.6) is 0 Å². The Morgan fingerprint density at radius 3 is 2.23 bits per heavy atom. The molecular formula is C23H14ClN3O3. The first kappa shape index (κ1) is 18.1. The molecule has 30 heavy (non-hydrogen) atoms. The van der Waals surface area contributed by atoms with Gasteiger partial charge < -0.3 is 10.3 Å². The zero-order valence-electron chi connectivity index (χ0n) is 15.5. The molecule has 146 valence electrons. The molecule has 0 unspecified atom stereocenters. The molecule has 3 amide bonds. The molecule has 6 nitrogen and oxygen atoms in total. The van der Waals surface area contributed by atoms with Gasteiger partial charge in [-0.3, -0.25) is 14.4 Å². The number of amides is 3. The van der Waals surface area contributed by atoms with Gasteiger partial charge in [0.2, 0.25) is 0 Å². The molecule has 0 fully saturated rings. The summed E-state index contributed by atoms with van der Waals surface area (Å²) in [5, 5.41) is 3.86. The van der Waals surface area contributed by atoms with Crippen molar-refractivity contribution in [1.82, 2.24) is 4.98 Å². The van der Waals surface area contributed by atoms with Gasteiger partial charge in [0.25, 0.3) is 17.7 Å². The first-order chi connectivity index (χ1) is 14.5. The summed E-state index contributed by atoms with van der Waals surface area (Å²) in [7, 11) is 0.